The summed E-state index contributed by atoms with van der Waals surface area (Å²) in [5.41, 5.74) is 6.20. The van der Waals surface area contributed by atoms with Crippen LogP contribution >= 0.6 is 38.9 Å². The van der Waals surface area contributed by atoms with Crippen LogP contribution in [0.15, 0.2) is 88.5 Å². The van der Waals surface area contributed by atoms with Crippen molar-refractivity contribution in [1.29, 1.82) is 0 Å². The molecule has 0 saturated heterocycles. The van der Waals surface area contributed by atoms with E-state index in [1.54, 1.807) is 23.5 Å². The van der Waals surface area contributed by atoms with Gasteiger partial charge in [0.2, 0.25) is 0 Å². The number of nitrogens with one attached hydrogen (secondary N) is 1. The van der Waals surface area contributed by atoms with Crippen molar-refractivity contribution in [1.82, 2.24) is 4.57 Å². The van der Waals surface area contributed by atoms with E-state index in [2.05, 4.69) is 101 Å². The smallest absolute Gasteiger partial charge is 0.259 e. The number of rotatable bonds is 6. The summed E-state index contributed by atoms with van der Waals surface area (Å²) in [4.78, 5) is 20.1. The standard InChI is InChI=1S/C35H33BrClN3OS/c1-35(2,3)24-10-17-29-31(18-24)42-34(32(29)33(41)39-27-15-13-26(37)14-16-27)38-19-23-21-40(30-7-5-4-6-28(23)30)20-22-8-11-25(36)12-9-22/h4-9,11-16,19,21,24H,10,17-18,20H2,1-3H3,(H,39,41)/t24-/m1/s1. The van der Waals surface area contributed by atoms with E-state index in [0.29, 0.717) is 16.5 Å². The van der Waals surface area contributed by atoms with Gasteiger partial charge in [-0.2, -0.15) is 0 Å². The fourth-order valence-corrected chi connectivity index (χ4v) is 7.45. The van der Waals surface area contributed by atoms with Gasteiger partial charge < -0.3 is 9.88 Å². The maximum Gasteiger partial charge on any atom is 0.259 e. The molecule has 7 heteroatoms. The first-order valence-electron chi connectivity index (χ1n) is 14.2. The van der Waals surface area contributed by atoms with Crippen LogP contribution in [0.5, 0.6) is 0 Å². The van der Waals surface area contributed by atoms with Gasteiger partial charge in [0, 0.05) is 55.5 Å². The zero-order valence-corrected chi connectivity index (χ0v) is 27.1. The third-order valence-electron chi connectivity index (χ3n) is 8.21. The molecule has 0 unspecified atom stereocenters. The first-order valence-corrected chi connectivity index (χ1v) is 16.2. The van der Waals surface area contributed by atoms with E-state index in [-0.39, 0.29) is 11.3 Å². The van der Waals surface area contributed by atoms with E-state index >= 15 is 0 Å². The van der Waals surface area contributed by atoms with E-state index in [4.69, 9.17) is 16.6 Å². The highest BCUT2D eigenvalue weighted by molar-refractivity contribution is 9.10. The Bertz CT molecular complexity index is 1780. The minimum absolute atomic E-state index is 0.117. The van der Waals surface area contributed by atoms with Crippen LogP contribution < -0.4 is 5.32 Å². The molecular weight excluding hydrogens is 626 g/mol. The second-order valence-electron chi connectivity index (χ2n) is 12.1. The van der Waals surface area contributed by atoms with Crippen LogP contribution in [0.25, 0.3) is 10.9 Å². The maximum atomic E-state index is 13.8. The summed E-state index contributed by atoms with van der Waals surface area (Å²) in [5.74, 6) is 0.457. The van der Waals surface area contributed by atoms with Gasteiger partial charge in [0.1, 0.15) is 5.00 Å². The molecule has 1 aliphatic rings. The largest absolute Gasteiger partial charge is 0.342 e. The summed E-state index contributed by atoms with van der Waals surface area (Å²) in [6, 6.07) is 24.1. The average molecular weight is 659 g/mol. The van der Waals surface area contributed by atoms with Crippen molar-refractivity contribution in [2.75, 3.05) is 5.32 Å². The Labute approximate surface area is 264 Å². The summed E-state index contributed by atoms with van der Waals surface area (Å²) >= 11 is 11.3. The predicted octanol–water partition coefficient (Wildman–Crippen LogP) is 10.3. The van der Waals surface area contributed by atoms with Crippen LogP contribution in [0.4, 0.5) is 10.7 Å². The molecule has 5 aromatic rings. The number of nitrogens with zero attached hydrogens (tertiary/aromatic N) is 2. The van der Waals surface area contributed by atoms with Crippen molar-refractivity contribution in [3.63, 3.8) is 0 Å². The third-order valence-corrected chi connectivity index (χ3v) is 10.2. The van der Waals surface area contributed by atoms with Crippen LogP contribution in [0.3, 0.4) is 0 Å². The van der Waals surface area contributed by atoms with Crippen LogP contribution in [-0.2, 0) is 19.4 Å². The van der Waals surface area contributed by atoms with Gasteiger partial charge in [-0.05, 0) is 84.2 Å². The Kier molecular flexibility index (Phi) is 8.14. The number of benzene rings is 3. The van der Waals surface area contributed by atoms with E-state index in [1.807, 2.05) is 18.3 Å². The number of thiophene rings is 1. The number of amides is 1. The highest BCUT2D eigenvalue weighted by atomic mass is 79.9. The normalized spacial score (nSPS) is 15.3. The molecule has 0 radical (unpaired) electrons. The maximum absolute atomic E-state index is 13.8. The topological polar surface area (TPSA) is 46.4 Å². The number of hydrogen-bond acceptors (Lipinski definition) is 3. The Morgan fingerprint density at radius 1 is 1.10 bits per heavy atom. The highest BCUT2D eigenvalue weighted by Gasteiger charge is 2.33. The summed E-state index contributed by atoms with van der Waals surface area (Å²) in [6.45, 7) is 7.70. The molecule has 0 bridgehead atoms. The van der Waals surface area contributed by atoms with Crippen molar-refractivity contribution in [3.05, 3.63) is 116 Å². The Morgan fingerprint density at radius 2 is 1.83 bits per heavy atom. The third kappa shape index (κ3) is 6.12. The van der Waals surface area contributed by atoms with Crippen LogP contribution in [0, 0.1) is 11.3 Å². The number of carbonyl (C=O) groups is 1. The van der Waals surface area contributed by atoms with Gasteiger partial charge >= 0.3 is 0 Å². The number of halogens is 2. The lowest BCUT2D eigenvalue weighted by molar-refractivity contribution is 0.102. The van der Waals surface area contributed by atoms with Gasteiger partial charge in [-0.1, -0.05) is 78.6 Å². The Balaban J connectivity index is 1.37. The predicted molar refractivity (Wildman–Crippen MR) is 181 cm³/mol. The van der Waals surface area contributed by atoms with Crippen molar-refractivity contribution < 1.29 is 4.79 Å². The second kappa shape index (κ2) is 11.8. The summed E-state index contributed by atoms with van der Waals surface area (Å²) in [6.07, 6.45) is 7.03. The molecule has 0 fully saturated rings. The molecule has 6 rings (SSSR count). The SMILES string of the molecule is CC(C)(C)[C@@H]1CCc2c(sc(N=Cc3cn(Cc4ccc(Br)cc4)c4ccccc34)c2C(=O)Nc2ccc(Cl)cc2)C1. The second-order valence-corrected chi connectivity index (χ2v) is 14.5. The molecule has 1 atom stereocenters. The quantitative estimate of drug-likeness (QED) is 0.181. The lowest BCUT2D eigenvalue weighted by atomic mass is 9.72. The number of fused-ring (bicyclic) bond motifs is 2. The van der Waals surface area contributed by atoms with Crippen molar-refractivity contribution in [2.24, 2.45) is 16.3 Å². The number of carbonyl (C=O) groups excluding carboxylic acids is 1. The highest BCUT2D eigenvalue weighted by Crippen LogP contribution is 2.45. The molecule has 4 nitrogen and oxygen atoms in total. The van der Waals surface area contributed by atoms with Gasteiger partial charge in [0.25, 0.3) is 5.91 Å². The molecule has 1 amide bonds. The molecule has 1 N–H and O–H groups in total. The molecule has 2 aromatic heterocycles. The fraction of sp³-hybridized carbons (Fsp3) is 0.257. The lowest BCUT2D eigenvalue weighted by Crippen LogP contribution is -2.27. The monoisotopic (exact) mass is 657 g/mol. The van der Waals surface area contributed by atoms with Crippen molar-refractivity contribution in [2.45, 2.75) is 46.6 Å². The van der Waals surface area contributed by atoms with Crippen LogP contribution in [0.1, 0.15) is 59.1 Å². The van der Waals surface area contributed by atoms with Crippen molar-refractivity contribution >= 4 is 72.6 Å². The van der Waals surface area contributed by atoms with Gasteiger partial charge in [0.05, 0.1) is 5.56 Å². The van der Waals surface area contributed by atoms with E-state index in [1.165, 1.54) is 10.4 Å². The molecule has 0 spiro atoms. The van der Waals surface area contributed by atoms with E-state index < -0.39 is 0 Å². The number of anilines is 1. The number of aromatic nitrogens is 1. The fourth-order valence-electron chi connectivity index (χ4n) is 5.79. The number of hydrogen-bond donors (Lipinski definition) is 1. The van der Waals surface area contributed by atoms with Gasteiger partial charge in [-0.15, -0.1) is 11.3 Å². The van der Waals surface area contributed by atoms with Gasteiger partial charge in [-0.25, -0.2) is 4.99 Å². The van der Waals surface area contributed by atoms with Crippen LogP contribution in [-0.4, -0.2) is 16.7 Å². The number of para-hydroxylation sites is 1. The zero-order chi connectivity index (χ0) is 29.4. The van der Waals surface area contributed by atoms with Crippen molar-refractivity contribution in [3.8, 4) is 0 Å². The molecule has 0 saturated carbocycles. The molecular formula is C35H33BrClN3OS. The zero-order valence-electron chi connectivity index (χ0n) is 24.0. The van der Waals surface area contributed by atoms with E-state index in [9.17, 15) is 4.79 Å². The molecule has 3 aromatic carbocycles. The lowest BCUT2D eigenvalue weighted by Gasteiger charge is -2.33. The Morgan fingerprint density at radius 3 is 2.57 bits per heavy atom. The first kappa shape index (κ1) is 28.9. The molecule has 2 heterocycles. The van der Waals surface area contributed by atoms with Crippen LogP contribution in [0.2, 0.25) is 5.02 Å². The molecule has 1 aliphatic carbocycles. The van der Waals surface area contributed by atoms with Gasteiger partial charge in [0.15, 0.2) is 0 Å². The number of aliphatic imine (C=N–C) groups is 1. The van der Waals surface area contributed by atoms with Gasteiger partial charge in [-0.3, -0.25) is 4.79 Å². The average Bonchev–Trinajstić information content (AvgIpc) is 3.51. The summed E-state index contributed by atoms with van der Waals surface area (Å²) < 4.78 is 3.33. The van der Waals surface area contributed by atoms with E-state index in [0.717, 1.165) is 63.0 Å². The Hall–Kier alpha value is -3.19. The summed E-state index contributed by atoms with van der Waals surface area (Å²) in [7, 11) is 0. The molecule has 0 aliphatic heterocycles. The minimum atomic E-state index is -0.117. The minimum Gasteiger partial charge on any atom is -0.342 e. The molecule has 214 valence electrons. The summed E-state index contributed by atoms with van der Waals surface area (Å²) in [5, 5.41) is 5.64. The molecule has 42 heavy (non-hydrogen) atoms. The first-order chi connectivity index (χ1) is 20.2.